The van der Waals surface area contributed by atoms with Gasteiger partial charge in [0.25, 0.3) is 0 Å². The van der Waals surface area contributed by atoms with Crippen molar-refractivity contribution < 1.29 is 22.8 Å². The van der Waals surface area contributed by atoms with E-state index in [1.807, 2.05) is 17.0 Å². The summed E-state index contributed by atoms with van der Waals surface area (Å²) in [6.07, 6.45) is -0.795. The molecule has 0 bridgehead atoms. The highest BCUT2D eigenvalue weighted by Crippen LogP contribution is 2.37. The van der Waals surface area contributed by atoms with E-state index < -0.39 is 17.8 Å². The number of nitrogens with two attached hydrogens (primary N) is 1. The Balaban J connectivity index is 1.56. The first-order valence-electron chi connectivity index (χ1n) is 13.6. The number of hydrogen-bond acceptors (Lipinski definition) is 4. The Bertz CT molecular complexity index is 1180. The van der Waals surface area contributed by atoms with Crippen molar-refractivity contribution >= 4 is 27.9 Å². The van der Waals surface area contributed by atoms with Crippen LogP contribution in [-0.4, -0.2) is 70.4 Å². The van der Waals surface area contributed by atoms with Crippen molar-refractivity contribution in [2.45, 2.75) is 58.3 Å². The number of nitrogens with zero attached hydrogens (tertiary/aromatic N) is 4. The van der Waals surface area contributed by atoms with Gasteiger partial charge in [0.15, 0.2) is 0 Å². The van der Waals surface area contributed by atoms with Crippen LogP contribution in [0.1, 0.15) is 62.9 Å². The molecule has 4 rings (SSSR count). The molecule has 2 aliphatic heterocycles. The molecule has 2 aliphatic rings. The molecule has 7 nitrogen and oxygen atoms in total. The largest absolute Gasteiger partial charge is 0.416 e. The summed E-state index contributed by atoms with van der Waals surface area (Å²) >= 11 is 3.42. The predicted octanol–water partition coefficient (Wildman–Crippen LogP) is 5.69. The highest BCUT2D eigenvalue weighted by atomic mass is 79.9. The van der Waals surface area contributed by atoms with Gasteiger partial charge in [0.2, 0.25) is 5.91 Å². The summed E-state index contributed by atoms with van der Waals surface area (Å²) in [5.41, 5.74) is 5.93. The van der Waals surface area contributed by atoms with Crippen molar-refractivity contribution in [1.29, 1.82) is 0 Å². The van der Waals surface area contributed by atoms with Crippen LogP contribution >= 0.6 is 15.9 Å². The van der Waals surface area contributed by atoms with E-state index in [0.29, 0.717) is 39.1 Å². The Morgan fingerprint density at radius 1 is 1.02 bits per heavy atom. The first-order valence-corrected chi connectivity index (χ1v) is 14.4. The van der Waals surface area contributed by atoms with Gasteiger partial charge in [-0.05, 0) is 69.9 Å². The molecule has 218 valence electrons. The molecule has 1 aromatic heterocycles. The second-order valence-corrected chi connectivity index (χ2v) is 12.8. The molecule has 2 N–H and O–H groups in total. The van der Waals surface area contributed by atoms with Gasteiger partial charge in [-0.3, -0.25) is 14.7 Å². The summed E-state index contributed by atoms with van der Waals surface area (Å²) in [5, 5.41) is 0. The molecule has 11 heteroatoms. The minimum Gasteiger partial charge on any atom is -0.351 e. The third-order valence-corrected chi connectivity index (χ3v) is 8.54. The number of pyridine rings is 1. The highest BCUT2D eigenvalue weighted by molar-refractivity contribution is 9.10. The van der Waals surface area contributed by atoms with E-state index in [1.165, 1.54) is 12.1 Å². The van der Waals surface area contributed by atoms with Gasteiger partial charge in [-0.1, -0.05) is 32.9 Å². The maximum absolute atomic E-state index is 13.6. The lowest BCUT2D eigenvalue weighted by molar-refractivity contribution is -0.141. The monoisotopic (exact) mass is 623 g/mol. The summed E-state index contributed by atoms with van der Waals surface area (Å²) in [5.74, 6) is 0.304. The van der Waals surface area contributed by atoms with Gasteiger partial charge < -0.3 is 15.5 Å². The smallest absolute Gasteiger partial charge is 0.351 e. The Hall–Kier alpha value is -2.66. The number of halogens is 4. The zero-order valence-corrected chi connectivity index (χ0v) is 24.7. The second kappa shape index (κ2) is 12.1. The third kappa shape index (κ3) is 7.15. The van der Waals surface area contributed by atoms with Crippen molar-refractivity contribution in [3.05, 3.63) is 63.9 Å². The number of carbonyl (C=O) groups is 2. The lowest BCUT2D eigenvalue weighted by atomic mass is 9.82. The number of primary amides is 1. The van der Waals surface area contributed by atoms with Crippen molar-refractivity contribution in [2.75, 3.05) is 32.7 Å². The summed E-state index contributed by atoms with van der Waals surface area (Å²) in [6, 6.07) is 8.16. The molecule has 3 amide bonds. The van der Waals surface area contributed by atoms with Crippen LogP contribution in [-0.2, 0) is 11.0 Å². The summed E-state index contributed by atoms with van der Waals surface area (Å²) in [7, 11) is 0. The fourth-order valence-electron chi connectivity index (χ4n) is 5.77. The van der Waals surface area contributed by atoms with E-state index >= 15 is 0 Å². The fraction of sp³-hybridized carbons (Fsp3) is 0.552. The zero-order chi connectivity index (χ0) is 29.2. The molecule has 1 aromatic carbocycles. The highest BCUT2D eigenvalue weighted by Gasteiger charge is 2.41. The normalized spacial score (nSPS) is 20.4. The van der Waals surface area contributed by atoms with Gasteiger partial charge in [0.1, 0.15) is 0 Å². The summed E-state index contributed by atoms with van der Waals surface area (Å²) in [4.78, 5) is 35.5. The van der Waals surface area contributed by atoms with Crippen LogP contribution in [0.4, 0.5) is 18.0 Å². The van der Waals surface area contributed by atoms with Crippen LogP contribution in [0.5, 0.6) is 0 Å². The Morgan fingerprint density at radius 2 is 1.68 bits per heavy atom. The number of amides is 3. The van der Waals surface area contributed by atoms with E-state index in [2.05, 4.69) is 46.6 Å². The molecule has 2 unspecified atom stereocenters. The van der Waals surface area contributed by atoms with E-state index in [-0.39, 0.29) is 29.3 Å². The number of carbonyl (C=O) groups excluding carboxylic acids is 2. The zero-order valence-electron chi connectivity index (χ0n) is 23.1. The van der Waals surface area contributed by atoms with Crippen molar-refractivity contribution in [3.63, 3.8) is 0 Å². The summed E-state index contributed by atoms with van der Waals surface area (Å²) < 4.78 is 40.6. The van der Waals surface area contributed by atoms with Crippen LogP contribution in [0.2, 0.25) is 0 Å². The lowest BCUT2D eigenvalue weighted by Gasteiger charge is -2.49. The molecule has 0 saturated carbocycles. The summed E-state index contributed by atoms with van der Waals surface area (Å²) in [6.45, 7) is 9.08. The van der Waals surface area contributed by atoms with E-state index in [9.17, 15) is 22.8 Å². The van der Waals surface area contributed by atoms with Crippen LogP contribution in [0, 0.1) is 11.3 Å². The van der Waals surface area contributed by atoms with E-state index in [0.717, 1.165) is 40.7 Å². The first kappa shape index (κ1) is 30.3. The molecule has 2 atom stereocenters. The molecular weight excluding hydrogens is 587 g/mol. The standard InChI is InChI=1S/C29H37BrF3N5O2/c1-28(2,3)24-18-37(14-15-38(24)25(39)16-19-10-12-36(13-11-19)27(34)40)26(23-9-8-22(30)17-35-23)20-4-6-21(7-5-20)29(31,32)33/h4-9,17,19,24,26H,10-16,18H2,1-3H3,(H2,34,40). The number of hydrogen-bond donors (Lipinski definition) is 1. The Labute approximate surface area is 242 Å². The average molecular weight is 625 g/mol. The number of likely N-dealkylation sites (tertiary alicyclic amines) is 1. The van der Waals surface area contributed by atoms with Crippen molar-refractivity contribution in [1.82, 2.24) is 19.7 Å². The number of benzene rings is 1. The van der Waals surface area contributed by atoms with Gasteiger partial charge >= 0.3 is 12.2 Å². The first-order chi connectivity index (χ1) is 18.7. The minimum atomic E-state index is -4.41. The molecule has 2 saturated heterocycles. The molecule has 2 aromatic rings. The number of rotatable bonds is 5. The van der Waals surface area contributed by atoms with Crippen LogP contribution in [0.15, 0.2) is 47.1 Å². The maximum atomic E-state index is 13.6. The van der Waals surface area contributed by atoms with Crippen LogP contribution in [0.25, 0.3) is 0 Å². The topological polar surface area (TPSA) is 82.8 Å². The second-order valence-electron chi connectivity index (χ2n) is 11.9. The molecule has 40 heavy (non-hydrogen) atoms. The molecule has 0 aliphatic carbocycles. The lowest BCUT2D eigenvalue weighted by Crippen LogP contribution is -2.60. The maximum Gasteiger partial charge on any atom is 0.416 e. The van der Waals surface area contributed by atoms with E-state index in [4.69, 9.17) is 5.73 Å². The van der Waals surface area contributed by atoms with Gasteiger partial charge in [-0.2, -0.15) is 13.2 Å². The van der Waals surface area contributed by atoms with Gasteiger partial charge in [0.05, 0.1) is 17.3 Å². The quantitative estimate of drug-likeness (QED) is 0.464. The van der Waals surface area contributed by atoms with Gasteiger partial charge in [-0.25, -0.2) is 4.79 Å². The number of piperazine rings is 1. The van der Waals surface area contributed by atoms with Crippen LogP contribution < -0.4 is 5.73 Å². The SMILES string of the molecule is CC(C)(C)C1CN(C(c2ccc(C(F)(F)F)cc2)c2ccc(Br)cn2)CCN1C(=O)CC1CCN(C(N)=O)CC1. The predicted molar refractivity (Wildman–Crippen MR) is 150 cm³/mol. The number of urea groups is 1. The third-order valence-electron chi connectivity index (χ3n) is 8.07. The van der Waals surface area contributed by atoms with Crippen LogP contribution in [0.3, 0.4) is 0 Å². The minimum absolute atomic E-state index is 0.102. The number of alkyl halides is 3. The van der Waals surface area contributed by atoms with Crippen molar-refractivity contribution in [3.8, 4) is 0 Å². The van der Waals surface area contributed by atoms with Crippen molar-refractivity contribution in [2.24, 2.45) is 17.1 Å². The molecule has 3 heterocycles. The molecule has 0 spiro atoms. The number of piperidine rings is 1. The van der Waals surface area contributed by atoms with Gasteiger partial charge in [0, 0.05) is 55.9 Å². The Kier molecular flexibility index (Phi) is 9.14. The molecule has 2 fully saturated rings. The molecule has 0 radical (unpaired) electrons. The molecular formula is C29H37BrF3N5O2. The Morgan fingerprint density at radius 3 is 2.20 bits per heavy atom. The average Bonchev–Trinajstić information content (AvgIpc) is 2.89. The fourth-order valence-corrected chi connectivity index (χ4v) is 6.01. The van der Waals surface area contributed by atoms with E-state index in [1.54, 1.807) is 11.1 Å². The number of aromatic nitrogens is 1. The van der Waals surface area contributed by atoms with Gasteiger partial charge in [-0.15, -0.1) is 0 Å².